The summed E-state index contributed by atoms with van der Waals surface area (Å²) < 4.78 is 5.36. The van der Waals surface area contributed by atoms with Gasteiger partial charge in [-0.15, -0.1) is 0 Å². The molecule has 108 valence electrons. The molecule has 0 aliphatic heterocycles. The monoisotopic (exact) mass is 292 g/mol. The van der Waals surface area contributed by atoms with Crippen LogP contribution in [0.1, 0.15) is 23.8 Å². The molecular formula is C16H21ClN2O. The number of benzene rings is 1. The van der Waals surface area contributed by atoms with E-state index in [9.17, 15) is 0 Å². The molecule has 0 unspecified atom stereocenters. The zero-order valence-corrected chi connectivity index (χ0v) is 13.0. The van der Waals surface area contributed by atoms with E-state index < -0.39 is 0 Å². The van der Waals surface area contributed by atoms with Gasteiger partial charge in [0.1, 0.15) is 5.76 Å². The molecule has 0 fully saturated rings. The number of nitrogens with one attached hydrogen (secondary N) is 1. The molecule has 1 heterocycles. The molecular weight excluding hydrogens is 272 g/mol. The van der Waals surface area contributed by atoms with E-state index in [1.54, 1.807) is 6.26 Å². The Morgan fingerprint density at radius 1 is 1.30 bits per heavy atom. The number of nitrogens with zero attached hydrogens (tertiary/aromatic N) is 1. The highest BCUT2D eigenvalue weighted by atomic mass is 35.5. The van der Waals surface area contributed by atoms with E-state index in [2.05, 4.69) is 30.3 Å². The minimum atomic E-state index is 0.778. The number of hydrogen-bond donors (Lipinski definition) is 1. The second-order valence-electron chi connectivity index (χ2n) is 4.88. The topological polar surface area (TPSA) is 28.4 Å². The van der Waals surface area contributed by atoms with E-state index in [1.165, 1.54) is 5.56 Å². The quantitative estimate of drug-likeness (QED) is 0.873. The third-order valence-electron chi connectivity index (χ3n) is 3.43. The lowest BCUT2D eigenvalue weighted by Gasteiger charge is -2.23. The van der Waals surface area contributed by atoms with Crippen molar-refractivity contribution in [2.75, 3.05) is 18.5 Å². The van der Waals surface area contributed by atoms with Gasteiger partial charge in [-0.05, 0) is 31.7 Å². The molecule has 2 rings (SSSR count). The zero-order chi connectivity index (χ0) is 14.5. The fourth-order valence-corrected chi connectivity index (χ4v) is 2.48. The van der Waals surface area contributed by atoms with E-state index in [0.29, 0.717) is 0 Å². The Kier molecular flexibility index (Phi) is 5.10. The molecule has 0 aliphatic rings. The van der Waals surface area contributed by atoms with Crippen molar-refractivity contribution >= 4 is 17.3 Å². The summed E-state index contributed by atoms with van der Waals surface area (Å²) in [5.41, 5.74) is 3.49. The van der Waals surface area contributed by atoms with Crippen molar-refractivity contribution in [2.45, 2.75) is 26.9 Å². The van der Waals surface area contributed by atoms with Crippen LogP contribution in [-0.2, 0) is 13.1 Å². The molecule has 1 aromatic heterocycles. The Labute approximate surface area is 125 Å². The Bertz CT molecular complexity index is 565. The van der Waals surface area contributed by atoms with Crippen molar-refractivity contribution in [3.8, 4) is 0 Å². The highest BCUT2D eigenvalue weighted by Crippen LogP contribution is 2.28. The predicted molar refractivity (Wildman–Crippen MR) is 84.4 cm³/mol. The third-order valence-corrected chi connectivity index (χ3v) is 3.79. The summed E-state index contributed by atoms with van der Waals surface area (Å²) in [6.07, 6.45) is 1.73. The lowest BCUT2D eigenvalue weighted by atomic mass is 10.1. The lowest BCUT2D eigenvalue weighted by molar-refractivity contribution is 0.529. The van der Waals surface area contributed by atoms with E-state index >= 15 is 0 Å². The van der Waals surface area contributed by atoms with Crippen LogP contribution >= 0.6 is 11.6 Å². The van der Waals surface area contributed by atoms with Crippen LogP contribution in [0.25, 0.3) is 0 Å². The Hall–Kier alpha value is -1.45. The van der Waals surface area contributed by atoms with Gasteiger partial charge in [0.05, 0.1) is 6.26 Å². The number of hydrogen-bond acceptors (Lipinski definition) is 3. The summed E-state index contributed by atoms with van der Waals surface area (Å²) in [6, 6.07) is 8.05. The maximum absolute atomic E-state index is 6.34. The highest BCUT2D eigenvalue weighted by molar-refractivity contribution is 6.31. The molecule has 2 aromatic rings. The number of anilines is 1. The van der Waals surface area contributed by atoms with Gasteiger partial charge in [0, 0.05) is 42.0 Å². The van der Waals surface area contributed by atoms with Gasteiger partial charge < -0.3 is 14.6 Å². The molecule has 0 bridgehead atoms. The Balaban J connectivity index is 2.22. The molecule has 0 atom stereocenters. The maximum atomic E-state index is 6.34. The second kappa shape index (κ2) is 6.82. The fraction of sp³-hybridized carbons (Fsp3) is 0.375. The molecule has 20 heavy (non-hydrogen) atoms. The first-order chi connectivity index (χ1) is 9.63. The van der Waals surface area contributed by atoms with Gasteiger partial charge in [0.15, 0.2) is 0 Å². The van der Waals surface area contributed by atoms with Gasteiger partial charge in [-0.25, -0.2) is 0 Å². The highest BCUT2D eigenvalue weighted by Gasteiger charge is 2.12. The van der Waals surface area contributed by atoms with Crippen LogP contribution in [0.3, 0.4) is 0 Å². The minimum absolute atomic E-state index is 0.778. The summed E-state index contributed by atoms with van der Waals surface area (Å²) >= 11 is 6.34. The van der Waals surface area contributed by atoms with E-state index in [1.807, 2.05) is 25.1 Å². The van der Waals surface area contributed by atoms with Crippen LogP contribution in [0, 0.1) is 6.92 Å². The van der Waals surface area contributed by atoms with Crippen LogP contribution in [0.4, 0.5) is 5.69 Å². The standard InChI is InChI=1S/C16H21ClN2O/c1-4-18-10-14-15(17)6-5-7-16(14)19(3)11-13-8-9-20-12(13)2/h5-9,18H,4,10-11H2,1-3H3. The molecule has 3 nitrogen and oxygen atoms in total. The third kappa shape index (κ3) is 3.35. The van der Waals surface area contributed by atoms with Crippen molar-refractivity contribution in [1.82, 2.24) is 5.32 Å². The van der Waals surface area contributed by atoms with Crippen molar-refractivity contribution < 1.29 is 4.42 Å². The normalized spacial score (nSPS) is 10.8. The minimum Gasteiger partial charge on any atom is -0.469 e. The van der Waals surface area contributed by atoms with Crippen LogP contribution in [0.2, 0.25) is 5.02 Å². The van der Waals surface area contributed by atoms with E-state index in [0.717, 1.165) is 41.7 Å². The maximum Gasteiger partial charge on any atom is 0.105 e. The zero-order valence-electron chi connectivity index (χ0n) is 12.2. The average Bonchev–Trinajstić information content (AvgIpc) is 2.82. The SMILES string of the molecule is CCNCc1c(Cl)cccc1N(C)Cc1ccoc1C. The van der Waals surface area contributed by atoms with Gasteiger partial charge in [0.25, 0.3) is 0 Å². The number of halogens is 1. The summed E-state index contributed by atoms with van der Waals surface area (Å²) in [6.45, 7) is 6.59. The van der Waals surface area contributed by atoms with Crippen LogP contribution in [-0.4, -0.2) is 13.6 Å². The second-order valence-corrected chi connectivity index (χ2v) is 5.28. The largest absolute Gasteiger partial charge is 0.469 e. The van der Waals surface area contributed by atoms with Crippen LogP contribution < -0.4 is 10.2 Å². The van der Waals surface area contributed by atoms with Gasteiger partial charge in [-0.3, -0.25) is 0 Å². The molecule has 0 amide bonds. The van der Waals surface area contributed by atoms with E-state index in [4.69, 9.17) is 16.0 Å². The van der Waals surface area contributed by atoms with Crippen molar-refractivity contribution in [3.63, 3.8) is 0 Å². The molecule has 1 aromatic carbocycles. The summed E-state index contributed by atoms with van der Waals surface area (Å²) in [5.74, 6) is 0.965. The number of aryl methyl sites for hydroxylation is 1. The molecule has 0 spiro atoms. The molecule has 1 N–H and O–H groups in total. The van der Waals surface area contributed by atoms with Crippen LogP contribution in [0.5, 0.6) is 0 Å². The van der Waals surface area contributed by atoms with Crippen molar-refractivity contribution in [1.29, 1.82) is 0 Å². The summed E-state index contributed by atoms with van der Waals surface area (Å²) in [5, 5.41) is 4.15. The summed E-state index contributed by atoms with van der Waals surface area (Å²) in [4.78, 5) is 2.20. The van der Waals surface area contributed by atoms with Crippen molar-refractivity contribution in [3.05, 3.63) is 52.4 Å². The molecule has 0 saturated heterocycles. The lowest BCUT2D eigenvalue weighted by Crippen LogP contribution is -2.21. The van der Waals surface area contributed by atoms with Gasteiger partial charge in [-0.1, -0.05) is 24.6 Å². The first-order valence-electron chi connectivity index (χ1n) is 6.85. The van der Waals surface area contributed by atoms with Gasteiger partial charge >= 0.3 is 0 Å². The molecule has 0 aliphatic carbocycles. The predicted octanol–water partition coefficient (Wildman–Crippen LogP) is 3.99. The van der Waals surface area contributed by atoms with Gasteiger partial charge in [0.2, 0.25) is 0 Å². The smallest absolute Gasteiger partial charge is 0.105 e. The molecule has 0 saturated carbocycles. The van der Waals surface area contributed by atoms with Crippen molar-refractivity contribution in [2.24, 2.45) is 0 Å². The summed E-state index contributed by atoms with van der Waals surface area (Å²) in [7, 11) is 2.08. The van der Waals surface area contributed by atoms with Crippen LogP contribution in [0.15, 0.2) is 34.9 Å². The number of rotatable bonds is 6. The average molecular weight is 293 g/mol. The molecule has 4 heteroatoms. The fourth-order valence-electron chi connectivity index (χ4n) is 2.25. The Morgan fingerprint density at radius 2 is 2.10 bits per heavy atom. The first kappa shape index (κ1) is 14.9. The van der Waals surface area contributed by atoms with Gasteiger partial charge in [-0.2, -0.15) is 0 Å². The number of furan rings is 1. The first-order valence-corrected chi connectivity index (χ1v) is 7.23. The van der Waals surface area contributed by atoms with E-state index in [-0.39, 0.29) is 0 Å². The Morgan fingerprint density at radius 3 is 2.75 bits per heavy atom. The molecule has 0 radical (unpaired) electrons.